The lowest BCUT2D eigenvalue weighted by Crippen LogP contribution is -2.40. The number of aliphatic carboxylic acids is 1. The van der Waals surface area contributed by atoms with Crippen molar-refractivity contribution in [2.24, 2.45) is 0 Å². The zero-order valence-electron chi connectivity index (χ0n) is 23.9. The van der Waals surface area contributed by atoms with E-state index < -0.39 is 18.0 Å². The van der Waals surface area contributed by atoms with E-state index in [-0.39, 0.29) is 39.8 Å². The van der Waals surface area contributed by atoms with Crippen LogP contribution < -0.4 is 15.5 Å². The van der Waals surface area contributed by atoms with E-state index in [4.69, 9.17) is 36.0 Å². The molecule has 0 spiro atoms. The van der Waals surface area contributed by atoms with Gasteiger partial charge in [0.25, 0.3) is 5.91 Å². The lowest BCUT2D eigenvalue weighted by atomic mass is 9.91. The maximum atomic E-state index is 14.5. The number of halogens is 5. The van der Waals surface area contributed by atoms with Crippen molar-refractivity contribution >= 4 is 46.1 Å². The molecule has 1 fully saturated rings. The number of fused-ring (bicyclic) bond motifs is 1. The Morgan fingerprint density at radius 2 is 1.66 bits per heavy atom. The standard InChI is InChI=1S/C27H28ClFN6O2.C2HF3O2/c1-15-22(24(34-37-15)23-19(28)8-6-9-20(23)29)26(36)30-16-11-13-17(14-12-16)31-27-32-21-10-5-4-7-18(21)25(33-27)35(2)3;3-2(4,5)1(6)7/h4-10,16-17H,11-14H2,1-3H3,(H,30,36)(H,31,32,33);(H,6,7). The normalized spacial score (nSPS) is 16.5. The van der Waals surface area contributed by atoms with Gasteiger partial charge in [-0.2, -0.15) is 18.2 Å². The average molecular weight is 637 g/mol. The Kier molecular flexibility index (Phi) is 9.92. The van der Waals surface area contributed by atoms with Crippen molar-refractivity contribution in [3.8, 4) is 11.3 Å². The third kappa shape index (κ3) is 7.54. The SMILES string of the molecule is Cc1onc(-c2c(F)cccc2Cl)c1C(=O)NC1CCC(Nc2nc(N(C)C)c3ccccc3n2)CC1.O=C(O)C(F)(F)F. The molecule has 0 aliphatic heterocycles. The van der Waals surface area contributed by atoms with E-state index in [1.165, 1.54) is 12.1 Å². The maximum Gasteiger partial charge on any atom is 0.490 e. The van der Waals surface area contributed by atoms with Crippen LogP contribution in [-0.2, 0) is 4.79 Å². The van der Waals surface area contributed by atoms with E-state index in [1.54, 1.807) is 13.0 Å². The highest BCUT2D eigenvalue weighted by Crippen LogP contribution is 2.34. The number of hydrogen-bond acceptors (Lipinski definition) is 8. The molecule has 10 nitrogen and oxygen atoms in total. The molecular weight excluding hydrogens is 608 g/mol. The van der Waals surface area contributed by atoms with Crippen LogP contribution in [0.1, 0.15) is 41.8 Å². The summed E-state index contributed by atoms with van der Waals surface area (Å²) in [6.07, 6.45) is -1.85. The number of carboxylic acid groups (broad SMARTS) is 1. The quantitative estimate of drug-likeness (QED) is 0.210. The molecule has 2 heterocycles. The predicted octanol–water partition coefficient (Wildman–Crippen LogP) is 6.24. The maximum absolute atomic E-state index is 14.5. The fourth-order valence-electron chi connectivity index (χ4n) is 4.82. The van der Waals surface area contributed by atoms with E-state index in [0.717, 1.165) is 42.4 Å². The number of benzene rings is 2. The molecule has 1 amide bonds. The minimum Gasteiger partial charge on any atom is -0.475 e. The topological polar surface area (TPSA) is 133 Å². The first-order chi connectivity index (χ1) is 20.8. The van der Waals surface area contributed by atoms with E-state index in [1.807, 2.05) is 43.3 Å². The van der Waals surface area contributed by atoms with Gasteiger partial charge in [-0.05, 0) is 56.9 Å². The van der Waals surface area contributed by atoms with Gasteiger partial charge in [0.15, 0.2) is 0 Å². The van der Waals surface area contributed by atoms with Crippen molar-refractivity contribution < 1.29 is 36.8 Å². The van der Waals surface area contributed by atoms with E-state index in [2.05, 4.69) is 15.8 Å². The van der Waals surface area contributed by atoms with Gasteiger partial charge in [-0.3, -0.25) is 4.79 Å². The molecule has 1 aliphatic carbocycles. The van der Waals surface area contributed by atoms with E-state index in [0.29, 0.717) is 11.7 Å². The zero-order valence-corrected chi connectivity index (χ0v) is 24.6. The largest absolute Gasteiger partial charge is 0.490 e. The lowest BCUT2D eigenvalue weighted by Gasteiger charge is -2.30. The van der Waals surface area contributed by atoms with E-state index in [9.17, 15) is 22.4 Å². The van der Waals surface area contributed by atoms with Crippen LogP contribution >= 0.6 is 11.6 Å². The summed E-state index contributed by atoms with van der Waals surface area (Å²) in [5.41, 5.74) is 1.26. The van der Waals surface area contributed by atoms with Gasteiger partial charge in [0.05, 0.1) is 16.1 Å². The summed E-state index contributed by atoms with van der Waals surface area (Å²) in [5.74, 6) is -1.89. The van der Waals surface area contributed by atoms with Crippen LogP contribution in [0.15, 0.2) is 47.0 Å². The Morgan fingerprint density at radius 3 is 2.27 bits per heavy atom. The summed E-state index contributed by atoms with van der Waals surface area (Å²) in [6.45, 7) is 1.63. The van der Waals surface area contributed by atoms with Crippen LogP contribution in [0.2, 0.25) is 5.02 Å². The number of nitrogens with one attached hydrogen (secondary N) is 2. The molecular formula is C29H29ClF4N6O4. The monoisotopic (exact) mass is 636 g/mol. The first kappa shape index (κ1) is 32.5. The number of rotatable bonds is 6. The highest BCUT2D eigenvalue weighted by atomic mass is 35.5. The van der Waals surface area contributed by atoms with Gasteiger partial charge in [-0.25, -0.2) is 14.2 Å². The number of carbonyl (C=O) groups is 2. The van der Waals surface area contributed by atoms with Gasteiger partial charge in [0.1, 0.15) is 28.7 Å². The Labute approximate surface area is 254 Å². The summed E-state index contributed by atoms with van der Waals surface area (Å²) < 4.78 is 51.5. The minimum absolute atomic E-state index is 0.0290. The molecule has 2 aromatic heterocycles. The molecule has 3 N–H and O–H groups in total. The fourth-order valence-corrected chi connectivity index (χ4v) is 5.07. The second kappa shape index (κ2) is 13.5. The number of anilines is 2. The van der Waals surface area contributed by atoms with Crippen LogP contribution in [0.5, 0.6) is 0 Å². The van der Waals surface area contributed by atoms with Crippen molar-refractivity contribution in [2.45, 2.75) is 50.9 Å². The van der Waals surface area contributed by atoms with Gasteiger partial charge in [-0.15, -0.1) is 0 Å². The molecule has 4 aromatic rings. The summed E-state index contributed by atoms with van der Waals surface area (Å²) >= 11 is 6.21. The third-order valence-corrected chi connectivity index (χ3v) is 7.25. The highest BCUT2D eigenvalue weighted by molar-refractivity contribution is 6.33. The second-order valence-electron chi connectivity index (χ2n) is 10.3. The number of aromatic nitrogens is 3. The number of para-hydroxylation sites is 1. The number of hydrogen-bond donors (Lipinski definition) is 3. The Morgan fingerprint density at radius 1 is 1.02 bits per heavy atom. The van der Waals surface area contributed by atoms with Crippen molar-refractivity contribution in [3.63, 3.8) is 0 Å². The van der Waals surface area contributed by atoms with Crippen LogP contribution in [0, 0.1) is 12.7 Å². The first-order valence-electron chi connectivity index (χ1n) is 13.5. The molecule has 1 saturated carbocycles. The molecule has 1 aliphatic rings. The molecule has 0 atom stereocenters. The van der Waals surface area contributed by atoms with Gasteiger partial charge in [-0.1, -0.05) is 35.0 Å². The Balaban J connectivity index is 0.000000566. The molecule has 234 valence electrons. The average Bonchev–Trinajstić information content (AvgIpc) is 3.34. The number of aryl methyl sites for hydroxylation is 1. The molecule has 0 unspecified atom stereocenters. The molecule has 2 aromatic carbocycles. The van der Waals surface area contributed by atoms with Crippen LogP contribution in [-0.4, -0.2) is 64.5 Å². The summed E-state index contributed by atoms with van der Waals surface area (Å²) in [6, 6.07) is 12.5. The van der Waals surface area contributed by atoms with Crippen molar-refractivity contribution in [2.75, 3.05) is 24.3 Å². The lowest BCUT2D eigenvalue weighted by molar-refractivity contribution is -0.192. The number of carboxylic acids is 1. The number of alkyl halides is 3. The zero-order chi connectivity index (χ0) is 32.2. The molecule has 15 heteroatoms. The first-order valence-corrected chi connectivity index (χ1v) is 13.9. The van der Waals surface area contributed by atoms with Crippen molar-refractivity contribution in [3.05, 3.63) is 64.6 Å². The molecule has 0 radical (unpaired) electrons. The molecule has 5 rings (SSSR count). The second-order valence-corrected chi connectivity index (χ2v) is 10.7. The van der Waals surface area contributed by atoms with Gasteiger partial charge >= 0.3 is 12.1 Å². The highest BCUT2D eigenvalue weighted by Gasteiger charge is 2.38. The molecule has 44 heavy (non-hydrogen) atoms. The van der Waals surface area contributed by atoms with Gasteiger partial charge in [0, 0.05) is 31.6 Å². The van der Waals surface area contributed by atoms with Crippen molar-refractivity contribution in [1.82, 2.24) is 20.4 Å². The van der Waals surface area contributed by atoms with Gasteiger partial charge < -0.3 is 25.2 Å². The van der Waals surface area contributed by atoms with Crippen LogP contribution in [0.25, 0.3) is 22.2 Å². The Bertz CT molecular complexity index is 1630. The van der Waals surface area contributed by atoms with Gasteiger partial charge in [0.2, 0.25) is 5.95 Å². The van der Waals surface area contributed by atoms with E-state index >= 15 is 0 Å². The molecule has 0 bridgehead atoms. The Hall–Kier alpha value is -4.46. The van der Waals surface area contributed by atoms with Crippen molar-refractivity contribution in [1.29, 1.82) is 0 Å². The summed E-state index contributed by atoms with van der Waals surface area (Å²) in [4.78, 5) is 33.5. The summed E-state index contributed by atoms with van der Waals surface area (Å²) in [7, 11) is 3.93. The summed E-state index contributed by atoms with van der Waals surface area (Å²) in [5, 5.41) is 18.8. The third-order valence-electron chi connectivity index (χ3n) is 6.93. The van der Waals surface area contributed by atoms with Crippen LogP contribution in [0.3, 0.4) is 0 Å². The minimum atomic E-state index is -5.08. The number of carbonyl (C=O) groups excluding carboxylic acids is 1. The van der Waals surface area contributed by atoms with Crippen LogP contribution in [0.4, 0.5) is 29.3 Å². The number of amides is 1. The molecule has 0 saturated heterocycles. The fraction of sp³-hybridized carbons (Fsp3) is 0.345. The predicted molar refractivity (Wildman–Crippen MR) is 156 cm³/mol. The number of nitrogens with zero attached hydrogens (tertiary/aromatic N) is 4. The smallest absolute Gasteiger partial charge is 0.475 e.